The van der Waals surface area contributed by atoms with Gasteiger partial charge in [-0.2, -0.15) is 5.10 Å². The van der Waals surface area contributed by atoms with Crippen LogP contribution in [0.1, 0.15) is 32.6 Å². The number of nitrogens with zero attached hydrogens (tertiary/aromatic N) is 2. The molecule has 2 aromatic heterocycles. The van der Waals surface area contributed by atoms with E-state index < -0.39 is 48.7 Å². The Kier molecular flexibility index (Phi) is 0.685. The van der Waals surface area contributed by atoms with Crippen molar-refractivity contribution in [3.63, 3.8) is 0 Å². The standard InChI is InChI=1S/C10H10N2O2/c1-6-3-4-12-8(5-6)9(10(13)14)7(2)11-12/h3-5H,1-2H3,(H,13,14)/i1D3,2D3,3D,4D. The van der Waals surface area contributed by atoms with E-state index in [1.807, 2.05) is 0 Å². The smallest absolute Gasteiger partial charge is 0.339 e. The van der Waals surface area contributed by atoms with Gasteiger partial charge >= 0.3 is 5.97 Å². The van der Waals surface area contributed by atoms with Crippen LogP contribution in [0.5, 0.6) is 0 Å². The van der Waals surface area contributed by atoms with Crippen molar-refractivity contribution < 1.29 is 20.9 Å². The van der Waals surface area contributed by atoms with Crippen LogP contribution >= 0.6 is 0 Å². The second-order valence-electron chi connectivity index (χ2n) is 2.62. The van der Waals surface area contributed by atoms with Gasteiger partial charge in [0, 0.05) is 14.4 Å². The van der Waals surface area contributed by atoms with Crippen LogP contribution in [0.15, 0.2) is 18.3 Å². The third-order valence-corrected chi connectivity index (χ3v) is 1.71. The largest absolute Gasteiger partial charge is 0.478 e. The lowest BCUT2D eigenvalue weighted by atomic mass is 10.2. The fourth-order valence-electron chi connectivity index (χ4n) is 1.15. The molecule has 14 heavy (non-hydrogen) atoms. The highest BCUT2D eigenvalue weighted by Gasteiger charge is 2.15. The molecular weight excluding hydrogens is 180 g/mol. The van der Waals surface area contributed by atoms with Gasteiger partial charge in [0.25, 0.3) is 0 Å². The third-order valence-electron chi connectivity index (χ3n) is 1.71. The second kappa shape index (κ2) is 2.83. The number of aromatic nitrogens is 2. The molecule has 0 spiro atoms. The summed E-state index contributed by atoms with van der Waals surface area (Å²) >= 11 is 0. The van der Waals surface area contributed by atoms with E-state index >= 15 is 0 Å². The average Bonchev–Trinajstić information content (AvgIpc) is 2.71. The number of carboxylic acid groups (broad SMARTS) is 1. The van der Waals surface area contributed by atoms with Crippen molar-refractivity contribution in [3.8, 4) is 0 Å². The predicted molar refractivity (Wildman–Crippen MR) is 51.6 cm³/mol. The van der Waals surface area contributed by atoms with Gasteiger partial charge in [0.05, 0.1) is 14.0 Å². The molecule has 0 aromatic carbocycles. The highest BCUT2D eigenvalue weighted by atomic mass is 16.4. The topological polar surface area (TPSA) is 54.6 Å². The Morgan fingerprint density at radius 3 is 3.21 bits per heavy atom. The fourth-order valence-corrected chi connectivity index (χ4v) is 1.15. The molecule has 0 aliphatic heterocycles. The number of hydrogen-bond donors (Lipinski definition) is 1. The van der Waals surface area contributed by atoms with Crippen molar-refractivity contribution in [3.05, 3.63) is 35.1 Å². The van der Waals surface area contributed by atoms with Gasteiger partial charge in [-0.25, -0.2) is 9.31 Å². The SMILES string of the molecule is [2H]c1c(C([2H])([2H])[2H])cc2c(C(=O)O)c(C([2H])([2H])[2H])nn2c1[2H]. The lowest BCUT2D eigenvalue weighted by molar-refractivity contribution is 0.0698. The van der Waals surface area contributed by atoms with E-state index in [2.05, 4.69) is 5.10 Å². The molecule has 0 unspecified atom stereocenters. The van der Waals surface area contributed by atoms with Gasteiger partial charge in [-0.05, 0) is 31.4 Å². The van der Waals surface area contributed by atoms with Crippen molar-refractivity contribution in [1.29, 1.82) is 0 Å². The molecule has 0 radical (unpaired) electrons. The first kappa shape index (κ1) is 3.38. The first-order valence-corrected chi connectivity index (χ1v) is 3.63. The maximum absolute atomic E-state index is 11.3. The highest BCUT2D eigenvalue weighted by Crippen LogP contribution is 2.16. The third kappa shape index (κ3) is 1.16. The van der Waals surface area contributed by atoms with Gasteiger partial charge in [-0.15, -0.1) is 0 Å². The van der Waals surface area contributed by atoms with E-state index in [4.69, 9.17) is 11.0 Å². The summed E-state index contributed by atoms with van der Waals surface area (Å²) in [4.78, 5) is 11.3. The lowest BCUT2D eigenvalue weighted by Gasteiger charge is -1.95. The van der Waals surface area contributed by atoms with Gasteiger partial charge in [-0.3, -0.25) is 0 Å². The van der Waals surface area contributed by atoms with Crippen LogP contribution in [-0.2, 0) is 0 Å². The Morgan fingerprint density at radius 2 is 2.57 bits per heavy atom. The zero-order chi connectivity index (χ0) is 17.0. The zero-order valence-electron chi connectivity index (χ0n) is 14.8. The maximum atomic E-state index is 11.3. The Morgan fingerprint density at radius 1 is 1.71 bits per heavy atom. The van der Waals surface area contributed by atoms with Crippen LogP contribution < -0.4 is 0 Å². The number of carbonyl (C=O) groups is 1. The molecule has 0 atom stereocenters. The minimum Gasteiger partial charge on any atom is -0.478 e. The van der Waals surface area contributed by atoms with Crippen molar-refractivity contribution in [2.75, 3.05) is 0 Å². The molecule has 4 heteroatoms. The monoisotopic (exact) mass is 198 g/mol. The molecule has 0 saturated carbocycles. The predicted octanol–water partition coefficient (Wildman–Crippen LogP) is 1.65. The summed E-state index contributed by atoms with van der Waals surface area (Å²) in [5, 5.41) is 12.8. The Labute approximate surface area is 92.0 Å². The van der Waals surface area contributed by atoms with E-state index in [0.29, 0.717) is 4.52 Å². The minimum absolute atomic E-state index is 0.342. The molecule has 2 heterocycles. The van der Waals surface area contributed by atoms with E-state index in [-0.39, 0.29) is 5.52 Å². The normalized spacial score (nSPS) is 20.9. The molecule has 4 nitrogen and oxygen atoms in total. The maximum Gasteiger partial charge on any atom is 0.339 e. The Bertz CT molecular complexity index is 774. The van der Waals surface area contributed by atoms with Crippen LogP contribution in [-0.4, -0.2) is 20.7 Å². The van der Waals surface area contributed by atoms with Gasteiger partial charge in [0.2, 0.25) is 0 Å². The molecular formula is C10H10N2O2. The first-order valence-electron chi connectivity index (χ1n) is 7.63. The molecule has 72 valence electrons. The summed E-state index contributed by atoms with van der Waals surface area (Å²) in [6, 6.07) is 0.211. The lowest BCUT2D eigenvalue weighted by Crippen LogP contribution is -1.97. The highest BCUT2D eigenvalue weighted by molar-refractivity contribution is 5.96. The molecule has 2 aromatic rings. The summed E-state index contributed by atoms with van der Waals surface area (Å²) in [5.74, 6) is -1.60. The Balaban J connectivity index is 3.00. The van der Waals surface area contributed by atoms with Crippen LogP contribution in [0.25, 0.3) is 5.52 Å². The van der Waals surface area contributed by atoms with Crippen LogP contribution in [0, 0.1) is 13.7 Å². The molecule has 0 saturated heterocycles. The van der Waals surface area contributed by atoms with Crippen LogP contribution in [0.3, 0.4) is 0 Å². The minimum atomic E-state index is -2.85. The van der Waals surface area contributed by atoms with Crippen molar-refractivity contribution >= 4 is 11.5 Å². The Hall–Kier alpha value is -1.84. The van der Waals surface area contributed by atoms with Gasteiger partial charge in [0.15, 0.2) is 0 Å². The number of pyridine rings is 1. The molecule has 1 N–H and O–H groups in total. The first-order chi connectivity index (χ1) is 9.85. The number of aryl methyl sites for hydroxylation is 2. The fraction of sp³-hybridized carbons (Fsp3) is 0.200. The quantitative estimate of drug-likeness (QED) is 0.758. The van der Waals surface area contributed by atoms with E-state index in [1.165, 1.54) is 0 Å². The molecule has 0 bridgehead atoms. The van der Waals surface area contributed by atoms with Gasteiger partial charge in [-0.1, -0.05) is 0 Å². The van der Waals surface area contributed by atoms with Crippen LogP contribution in [0.4, 0.5) is 0 Å². The molecule has 0 amide bonds. The van der Waals surface area contributed by atoms with E-state index in [0.717, 1.165) is 6.07 Å². The molecule has 0 aliphatic carbocycles. The van der Waals surface area contributed by atoms with Crippen molar-refractivity contribution in [1.82, 2.24) is 9.61 Å². The molecule has 0 fully saturated rings. The summed E-state index contributed by atoms with van der Waals surface area (Å²) < 4.78 is 60.0. The molecule has 2 rings (SSSR count). The van der Waals surface area contributed by atoms with Crippen molar-refractivity contribution in [2.45, 2.75) is 13.7 Å². The van der Waals surface area contributed by atoms with Gasteiger partial charge < -0.3 is 5.11 Å². The number of fused-ring (bicyclic) bond motifs is 1. The van der Waals surface area contributed by atoms with Crippen molar-refractivity contribution in [2.24, 2.45) is 0 Å². The van der Waals surface area contributed by atoms with E-state index in [9.17, 15) is 9.90 Å². The van der Waals surface area contributed by atoms with E-state index in [1.54, 1.807) is 0 Å². The number of rotatable bonds is 1. The summed E-state index contributed by atoms with van der Waals surface area (Å²) in [5.41, 5.74) is -2.33. The summed E-state index contributed by atoms with van der Waals surface area (Å²) in [6.07, 6.45) is -0.693. The summed E-state index contributed by atoms with van der Waals surface area (Å²) in [7, 11) is 0. The average molecular weight is 198 g/mol. The van der Waals surface area contributed by atoms with Gasteiger partial charge in [0.1, 0.15) is 5.56 Å². The van der Waals surface area contributed by atoms with Crippen LogP contribution in [0.2, 0.25) is 0 Å². The molecule has 0 aliphatic rings. The zero-order valence-corrected chi connectivity index (χ0v) is 6.83. The number of hydrogen-bond acceptors (Lipinski definition) is 2. The summed E-state index contributed by atoms with van der Waals surface area (Å²) in [6.45, 7) is -5.59. The number of carboxylic acids is 1. The number of aromatic carboxylic acids is 1. The second-order valence-corrected chi connectivity index (χ2v) is 2.62.